The molecule has 0 bridgehead atoms. The van der Waals surface area contributed by atoms with Crippen LogP contribution < -0.4 is 5.73 Å². The van der Waals surface area contributed by atoms with Gasteiger partial charge in [0.1, 0.15) is 5.82 Å². The summed E-state index contributed by atoms with van der Waals surface area (Å²) in [5.41, 5.74) is 5.76. The molecule has 0 saturated carbocycles. The van der Waals surface area contributed by atoms with E-state index in [0.717, 1.165) is 0 Å². The van der Waals surface area contributed by atoms with E-state index in [1.54, 1.807) is 6.26 Å². The summed E-state index contributed by atoms with van der Waals surface area (Å²) in [6.07, 6.45) is 2.08. The first-order valence-corrected chi connectivity index (χ1v) is 7.54. The molecule has 2 rings (SSSR count). The number of hydrogen-bond acceptors (Lipinski definition) is 5. The molecule has 1 atom stereocenters. The molecule has 0 aliphatic heterocycles. The summed E-state index contributed by atoms with van der Waals surface area (Å²) in [5, 5.41) is 0.533. The SMILES string of the molecule is CSc1ncc(C(=O)O[C@H](C)C(N)=O)n1-c1ccc(F)cc1. The first kappa shape index (κ1) is 16.0. The highest BCUT2D eigenvalue weighted by Crippen LogP contribution is 2.22. The summed E-state index contributed by atoms with van der Waals surface area (Å²) in [4.78, 5) is 27.3. The molecule has 1 aromatic carbocycles. The van der Waals surface area contributed by atoms with Crippen molar-refractivity contribution in [2.24, 2.45) is 5.73 Å². The van der Waals surface area contributed by atoms with Crippen molar-refractivity contribution in [1.29, 1.82) is 0 Å². The normalized spacial score (nSPS) is 12.0. The van der Waals surface area contributed by atoms with Crippen LogP contribution in [0.3, 0.4) is 0 Å². The van der Waals surface area contributed by atoms with Crippen LogP contribution in [0.15, 0.2) is 35.6 Å². The molecule has 0 aliphatic carbocycles. The van der Waals surface area contributed by atoms with Crippen molar-refractivity contribution in [2.45, 2.75) is 18.2 Å². The number of rotatable bonds is 5. The molecule has 1 heterocycles. The van der Waals surface area contributed by atoms with Crippen molar-refractivity contribution in [1.82, 2.24) is 9.55 Å². The second-order valence-corrected chi connectivity index (χ2v) is 5.17. The molecular formula is C14H14FN3O3S. The monoisotopic (exact) mass is 323 g/mol. The van der Waals surface area contributed by atoms with Gasteiger partial charge in [0.15, 0.2) is 17.0 Å². The van der Waals surface area contributed by atoms with Gasteiger partial charge in [0.25, 0.3) is 5.91 Å². The smallest absolute Gasteiger partial charge is 0.357 e. The van der Waals surface area contributed by atoms with E-state index >= 15 is 0 Å². The van der Waals surface area contributed by atoms with Gasteiger partial charge in [0, 0.05) is 5.69 Å². The molecule has 2 aromatic rings. The van der Waals surface area contributed by atoms with Crippen molar-refractivity contribution in [2.75, 3.05) is 6.26 Å². The second kappa shape index (κ2) is 6.61. The number of esters is 1. The second-order valence-electron chi connectivity index (χ2n) is 4.39. The number of carbonyl (C=O) groups is 2. The Morgan fingerprint density at radius 3 is 2.55 bits per heavy atom. The first-order chi connectivity index (χ1) is 10.4. The summed E-state index contributed by atoms with van der Waals surface area (Å²) in [7, 11) is 0. The van der Waals surface area contributed by atoms with Crippen LogP contribution in [0.1, 0.15) is 17.4 Å². The van der Waals surface area contributed by atoms with E-state index in [1.165, 1.54) is 53.7 Å². The van der Waals surface area contributed by atoms with Gasteiger partial charge in [0.05, 0.1) is 6.20 Å². The van der Waals surface area contributed by atoms with Crippen LogP contribution >= 0.6 is 11.8 Å². The molecule has 1 amide bonds. The van der Waals surface area contributed by atoms with E-state index in [-0.39, 0.29) is 11.5 Å². The number of nitrogens with two attached hydrogens (primary N) is 1. The maximum Gasteiger partial charge on any atom is 0.357 e. The number of amides is 1. The Morgan fingerprint density at radius 2 is 2.00 bits per heavy atom. The highest BCUT2D eigenvalue weighted by Gasteiger charge is 2.22. The molecule has 6 nitrogen and oxygen atoms in total. The Balaban J connectivity index is 2.41. The van der Waals surface area contributed by atoms with Gasteiger partial charge in [-0.2, -0.15) is 0 Å². The van der Waals surface area contributed by atoms with E-state index in [0.29, 0.717) is 10.8 Å². The zero-order chi connectivity index (χ0) is 16.3. The topological polar surface area (TPSA) is 87.2 Å². The summed E-state index contributed by atoms with van der Waals surface area (Å²) < 4.78 is 19.6. The van der Waals surface area contributed by atoms with Crippen LogP contribution in [-0.4, -0.2) is 33.8 Å². The van der Waals surface area contributed by atoms with E-state index in [9.17, 15) is 14.0 Å². The number of carbonyl (C=O) groups excluding carboxylic acids is 2. The summed E-state index contributed by atoms with van der Waals surface area (Å²) >= 11 is 1.32. The fourth-order valence-corrected chi connectivity index (χ4v) is 2.29. The zero-order valence-corrected chi connectivity index (χ0v) is 12.8. The number of nitrogens with zero attached hydrogens (tertiary/aromatic N) is 2. The van der Waals surface area contributed by atoms with E-state index in [1.807, 2.05) is 0 Å². The Hall–Kier alpha value is -2.35. The van der Waals surface area contributed by atoms with Gasteiger partial charge in [-0.05, 0) is 37.4 Å². The van der Waals surface area contributed by atoms with Crippen molar-refractivity contribution in [3.8, 4) is 5.69 Å². The number of thioether (sulfide) groups is 1. The number of hydrogen-bond donors (Lipinski definition) is 1. The van der Waals surface area contributed by atoms with E-state index < -0.39 is 18.0 Å². The molecule has 0 radical (unpaired) electrons. The van der Waals surface area contributed by atoms with Gasteiger partial charge in [0.2, 0.25) is 0 Å². The van der Waals surface area contributed by atoms with Gasteiger partial charge >= 0.3 is 5.97 Å². The van der Waals surface area contributed by atoms with Crippen LogP contribution in [0, 0.1) is 5.82 Å². The largest absolute Gasteiger partial charge is 0.448 e. The quantitative estimate of drug-likeness (QED) is 0.669. The number of benzene rings is 1. The standard InChI is InChI=1S/C14H14FN3O3S/c1-8(12(16)19)21-13(20)11-7-17-14(22-2)18(11)10-5-3-9(15)4-6-10/h3-8H,1-2H3,(H2,16,19)/t8-/m1/s1. The maximum absolute atomic E-state index is 13.1. The molecule has 116 valence electrons. The Kier molecular flexibility index (Phi) is 4.81. The molecule has 1 aromatic heterocycles. The minimum Gasteiger partial charge on any atom is -0.448 e. The number of ether oxygens (including phenoxy) is 1. The number of aromatic nitrogens is 2. The first-order valence-electron chi connectivity index (χ1n) is 6.32. The molecule has 0 spiro atoms. The zero-order valence-electron chi connectivity index (χ0n) is 11.9. The van der Waals surface area contributed by atoms with Crippen LogP contribution in [0.5, 0.6) is 0 Å². The summed E-state index contributed by atoms with van der Waals surface area (Å²) in [6, 6.07) is 5.59. The van der Waals surface area contributed by atoms with Gasteiger partial charge in [-0.1, -0.05) is 11.8 Å². The molecule has 0 fully saturated rings. The Labute approximate surface area is 130 Å². The van der Waals surface area contributed by atoms with Crippen molar-refractivity contribution >= 4 is 23.6 Å². The molecule has 0 saturated heterocycles. The number of imidazole rings is 1. The van der Waals surface area contributed by atoms with Crippen molar-refractivity contribution in [3.05, 3.63) is 42.0 Å². The number of halogens is 1. The van der Waals surface area contributed by atoms with Gasteiger partial charge < -0.3 is 10.5 Å². The third kappa shape index (κ3) is 3.28. The molecule has 22 heavy (non-hydrogen) atoms. The lowest BCUT2D eigenvalue weighted by atomic mass is 10.3. The fourth-order valence-electron chi connectivity index (χ4n) is 1.74. The third-order valence-electron chi connectivity index (χ3n) is 2.89. The lowest BCUT2D eigenvalue weighted by molar-refractivity contribution is -0.125. The highest BCUT2D eigenvalue weighted by atomic mass is 32.2. The van der Waals surface area contributed by atoms with E-state index in [2.05, 4.69) is 4.98 Å². The van der Waals surface area contributed by atoms with Gasteiger partial charge in [-0.25, -0.2) is 14.2 Å². The Bertz CT molecular complexity index is 700. The third-order valence-corrected chi connectivity index (χ3v) is 3.54. The minimum absolute atomic E-state index is 0.129. The minimum atomic E-state index is -1.05. The van der Waals surface area contributed by atoms with E-state index in [4.69, 9.17) is 10.5 Å². The van der Waals surface area contributed by atoms with Gasteiger partial charge in [-0.15, -0.1) is 0 Å². The lowest BCUT2D eigenvalue weighted by Gasteiger charge is -2.12. The summed E-state index contributed by atoms with van der Waals surface area (Å²) in [5.74, 6) is -1.87. The highest BCUT2D eigenvalue weighted by molar-refractivity contribution is 7.98. The molecular weight excluding hydrogens is 309 g/mol. The molecule has 0 aliphatic rings. The molecule has 0 unspecified atom stereocenters. The number of primary amides is 1. The average Bonchev–Trinajstić information content (AvgIpc) is 2.91. The average molecular weight is 323 g/mol. The summed E-state index contributed by atoms with van der Waals surface area (Å²) in [6.45, 7) is 1.38. The molecule has 2 N–H and O–H groups in total. The molecule has 8 heteroatoms. The van der Waals surface area contributed by atoms with Crippen LogP contribution in [0.2, 0.25) is 0 Å². The van der Waals surface area contributed by atoms with Crippen LogP contribution in [0.25, 0.3) is 5.69 Å². The van der Waals surface area contributed by atoms with Crippen molar-refractivity contribution < 1.29 is 18.7 Å². The van der Waals surface area contributed by atoms with Crippen LogP contribution in [0.4, 0.5) is 4.39 Å². The Morgan fingerprint density at radius 1 is 1.36 bits per heavy atom. The fraction of sp³-hybridized carbons (Fsp3) is 0.214. The maximum atomic E-state index is 13.1. The van der Waals surface area contributed by atoms with Crippen molar-refractivity contribution in [3.63, 3.8) is 0 Å². The lowest BCUT2D eigenvalue weighted by Crippen LogP contribution is -2.31. The van der Waals surface area contributed by atoms with Crippen LogP contribution in [-0.2, 0) is 9.53 Å². The van der Waals surface area contributed by atoms with Gasteiger partial charge in [-0.3, -0.25) is 9.36 Å². The predicted octanol–water partition coefficient (Wildman–Crippen LogP) is 1.76. The predicted molar refractivity (Wildman–Crippen MR) is 79.4 cm³/mol.